The van der Waals surface area contributed by atoms with Crippen LogP contribution in [0.5, 0.6) is 0 Å². The molecule has 2 N–H and O–H groups in total. The molecule has 0 aliphatic rings. The Bertz CT molecular complexity index is 718. The third-order valence-electron chi connectivity index (χ3n) is 4.01. The van der Waals surface area contributed by atoms with Crippen LogP contribution in [-0.4, -0.2) is 32.8 Å². The second kappa shape index (κ2) is 9.70. The molecule has 2 aromatic carbocycles. The summed E-state index contributed by atoms with van der Waals surface area (Å²) in [5.74, 6) is 0.0886. The number of nitrogens with one attached hydrogen (secondary N) is 2. The largest absolute Gasteiger partial charge is 0.313 e. The predicted molar refractivity (Wildman–Crippen MR) is 104 cm³/mol. The number of benzene rings is 2. The normalized spacial score (nSPS) is 14.2. The fourth-order valence-electron chi connectivity index (χ4n) is 2.85. The molecule has 136 valence electrons. The quantitative estimate of drug-likeness (QED) is 0.685. The minimum Gasteiger partial charge on any atom is -0.313 e. The lowest BCUT2D eigenvalue weighted by atomic mass is 10.1. The molecule has 2 rings (SSSR count). The van der Waals surface area contributed by atoms with Gasteiger partial charge in [-0.05, 0) is 37.8 Å². The van der Waals surface area contributed by atoms with E-state index in [0.717, 1.165) is 12.0 Å². The predicted octanol–water partition coefficient (Wildman–Crippen LogP) is 2.76. The summed E-state index contributed by atoms with van der Waals surface area (Å²) in [6, 6.07) is 20.2. The van der Waals surface area contributed by atoms with E-state index in [1.54, 1.807) is 0 Å². The van der Waals surface area contributed by atoms with Gasteiger partial charge in [0.1, 0.15) is 0 Å². The molecule has 0 fully saturated rings. The van der Waals surface area contributed by atoms with Crippen LogP contribution in [0, 0.1) is 0 Å². The maximum atomic E-state index is 12.2. The van der Waals surface area contributed by atoms with E-state index in [1.165, 1.54) is 5.56 Å². The summed E-state index contributed by atoms with van der Waals surface area (Å²) >= 11 is 0. The van der Waals surface area contributed by atoms with Gasteiger partial charge in [0.2, 0.25) is 10.0 Å². The van der Waals surface area contributed by atoms with Gasteiger partial charge in [0.05, 0.1) is 5.75 Å². The van der Waals surface area contributed by atoms with Gasteiger partial charge in [-0.2, -0.15) is 0 Å². The van der Waals surface area contributed by atoms with Crippen molar-refractivity contribution >= 4 is 10.0 Å². The van der Waals surface area contributed by atoms with Gasteiger partial charge in [-0.3, -0.25) is 0 Å². The maximum absolute atomic E-state index is 12.2. The maximum Gasteiger partial charge on any atom is 0.213 e. The zero-order valence-electron chi connectivity index (χ0n) is 15.0. The third kappa shape index (κ3) is 7.82. The first-order valence-electron chi connectivity index (χ1n) is 8.76. The van der Waals surface area contributed by atoms with E-state index in [2.05, 4.69) is 29.1 Å². The number of hydrogen-bond donors (Lipinski definition) is 2. The van der Waals surface area contributed by atoms with Crippen molar-refractivity contribution in [3.05, 3.63) is 71.8 Å². The second-order valence-electron chi connectivity index (χ2n) is 6.57. The van der Waals surface area contributed by atoms with Crippen LogP contribution in [0.4, 0.5) is 0 Å². The van der Waals surface area contributed by atoms with Gasteiger partial charge in [0, 0.05) is 18.6 Å². The van der Waals surface area contributed by atoms with Crippen molar-refractivity contribution in [1.82, 2.24) is 10.0 Å². The lowest BCUT2D eigenvalue weighted by Gasteiger charge is -2.16. The third-order valence-corrected chi connectivity index (χ3v) is 5.52. The molecule has 0 heterocycles. The summed E-state index contributed by atoms with van der Waals surface area (Å²) in [5.41, 5.74) is 2.38. The highest BCUT2D eigenvalue weighted by Gasteiger charge is 2.15. The smallest absolute Gasteiger partial charge is 0.213 e. The van der Waals surface area contributed by atoms with Crippen molar-refractivity contribution in [3.8, 4) is 0 Å². The molecule has 2 unspecified atom stereocenters. The SMILES string of the molecule is CC(Cc1ccccc1)NCCS(=O)(=O)NC(C)Cc1ccccc1. The van der Waals surface area contributed by atoms with Crippen molar-refractivity contribution in [3.63, 3.8) is 0 Å². The van der Waals surface area contributed by atoms with E-state index in [1.807, 2.05) is 55.5 Å². The van der Waals surface area contributed by atoms with Crippen LogP contribution in [-0.2, 0) is 22.9 Å². The van der Waals surface area contributed by atoms with Gasteiger partial charge in [-0.1, -0.05) is 60.7 Å². The van der Waals surface area contributed by atoms with Gasteiger partial charge in [-0.15, -0.1) is 0 Å². The van der Waals surface area contributed by atoms with E-state index in [0.29, 0.717) is 13.0 Å². The van der Waals surface area contributed by atoms with Gasteiger partial charge < -0.3 is 5.32 Å². The molecule has 25 heavy (non-hydrogen) atoms. The Labute approximate surface area is 151 Å². The molecule has 0 saturated carbocycles. The Morgan fingerprint density at radius 2 is 1.28 bits per heavy atom. The van der Waals surface area contributed by atoms with E-state index in [9.17, 15) is 8.42 Å². The van der Waals surface area contributed by atoms with Crippen molar-refractivity contribution < 1.29 is 8.42 Å². The minimum atomic E-state index is -3.28. The van der Waals surface area contributed by atoms with Crippen LogP contribution in [0.25, 0.3) is 0 Å². The van der Waals surface area contributed by atoms with E-state index in [-0.39, 0.29) is 17.8 Å². The van der Waals surface area contributed by atoms with Crippen molar-refractivity contribution in [2.45, 2.75) is 38.8 Å². The standard InChI is InChI=1S/C20H28N2O2S/c1-17(15-19-9-5-3-6-10-19)21-13-14-25(23,24)22-18(2)16-20-11-7-4-8-12-20/h3-12,17-18,21-22H,13-16H2,1-2H3. The summed E-state index contributed by atoms with van der Waals surface area (Å²) in [6.45, 7) is 4.42. The Morgan fingerprint density at radius 1 is 0.800 bits per heavy atom. The molecule has 0 aromatic heterocycles. The van der Waals surface area contributed by atoms with E-state index >= 15 is 0 Å². The summed E-state index contributed by atoms with van der Waals surface area (Å²) in [4.78, 5) is 0. The number of sulfonamides is 1. The summed E-state index contributed by atoms with van der Waals surface area (Å²) in [7, 11) is -3.28. The average Bonchev–Trinajstić information content (AvgIpc) is 2.55. The highest BCUT2D eigenvalue weighted by Crippen LogP contribution is 2.04. The average molecular weight is 361 g/mol. The molecule has 0 amide bonds. The second-order valence-corrected chi connectivity index (χ2v) is 8.45. The van der Waals surface area contributed by atoms with Crippen LogP contribution >= 0.6 is 0 Å². The number of hydrogen-bond acceptors (Lipinski definition) is 3. The summed E-state index contributed by atoms with van der Waals surface area (Å²) < 4.78 is 27.2. The monoisotopic (exact) mass is 360 g/mol. The van der Waals surface area contributed by atoms with Crippen molar-refractivity contribution in [1.29, 1.82) is 0 Å². The topological polar surface area (TPSA) is 58.2 Å². The Kier molecular flexibility index (Phi) is 7.62. The molecule has 0 aliphatic heterocycles. The minimum absolute atomic E-state index is 0.0886. The van der Waals surface area contributed by atoms with Crippen LogP contribution in [0.3, 0.4) is 0 Å². The first-order valence-corrected chi connectivity index (χ1v) is 10.4. The number of rotatable bonds is 10. The summed E-state index contributed by atoms with van der Waals surface area (Å²) in [5, 5.41) is 3.29. The molecule has 2 atom stereocenters. The lowest BCUT2D eigenvalue weighted by molar-refractivity contribution is 0.539. The van der Waals surface area contributed by atoms with Gasteiger partial charge in [-0.25, -0.2) is 13.1 Å². The first kappa shape index (κ1) is 19.6. The molecule has 4 nitrogen and oxygen atoms in total. The van der Waals surface area contributed by atoms with Gasteiger partial charge in [0.25, 0.3) is 0 Å². The van der Waals surface area contributed by atoms with Crippen LogP contribution in [0.2, 0.25) is 0 Å². The molecule has 0 aliphatic carbocycles. The molecule has 0 bridgehead atoms. The Balaban J connectivity index is 1.71. The van der Waals surface area contributed by atoms with Gasteiger partial charge >= 0.3 is 0 Å². The molecule has 2 aromatic rings. The fourth-order valence-corrected chi connectivity index (χ4v) is 4.06. The zero-order valence-corrected chi connectivity index (χ0v) is 15.8. The Hall–Kier alpha value is -1.69. The van der Waals surface area contributed by atoms with Crippen LogP contribution < -0.4 is 10.0 Å². The fraction of sp³-hybridized carbons (Fsp3) is 0.400. The Morgan fingerprint density at radius 3 is 1.80 bits per heavy atom. The molecule has 0 radical (unpaired) electrons. The lowest BCUT2D eigenvalue weighted by Crippen LogP contribution is -2.40. The zero-order chi connectivity index (χ0) is 18.1. The van der Waals surface area contributed by atoms with E-state index in [4.69, 9.17) is 0 Å². The molecule has 0 spiro atoms. The van der Waals surface area contributed by atoms with Crippen LogP contribution in [0.1, 0.15) is 25.0 Å². The van der Waals surface area contributed by atoms with Gasteiger partial charge in [0.15, 0.2) is 0 Å². The molecular weight excluding hydrogens is 332 g/mol. The molecular formula is C20H28N2O2S. The van der Waals surface area contributed by atoms with Crippen LogP contribution in [0.15, 0.2) is 60.7 Å². The van der Waals surface area contributed by atoms with Crippen molar-refractivity contribution in [2.75, 3.05) is 12.3 Å². The first-order chi connectivity index (χ1) is 11.9. The highest BCUT2D eigenvalue weighted by molar-refractivity contribution is 7.89. The highest BCUT2D eigenvalue weighted by atomic mass is 32.2. The summed E-state index contributed by atoms with van der Waals surface area (Å²) in [6.07, 6.45) is 1.58. The molecule has 5 heteroatoms. The van der Waals surface area contributed by atoms with Crippen molar-refractivity contribution in [2.24, 2.45) is 0 Å². The van der Waals surface area contributed by atoms with E-state index < -0.39 is 10.0 Å². The molecule has 0 saturated heterocycles.